The van der Waals surface area contributed by atoms with Crippen LogP contribution < -0.4 is 5.73 Å². The molecule has 21 heavy (non-hydrogen) atoms. The Morgan fingerprint density at radius 2 is 2.14 bits per heavy atom. The SMILES string of the molecule is Cc1cccc(SCc2noc(CC(N)CC(C)C)n2)c1. The number of aromatic nitrogens is 2. The molecule has 0 fully saturated rings. The molecule has 0 radical (unpaired) electrons. The quantitative estimate of drug-likeness (QED) is 0.792. The Balaban J connectivity index is 1.85. The van der Waals surface area contributed by atoms with E-state index in [1.807, 2.05) is 0 Å². The lowest BCUT2D eigenvalue weighted by Crippen LogP contribution is -2.24. The van der Waals surface area contributed by atoms with Crippen molar-refractivity contribution in [1.29, 1.82) is 0 Å². The molecule has 0 saturated heterocycles. The van der Waals surface area contributed by atoms with Crippen LogP contribution in [0.25, 0.3) is 0 Å². The van der Waals surface area contributed by atoms with Crippen LogP contribution in [0.4, 0.5) is 0 Å². The molecule has 1 atom stereocenters. The van der Waals surface area contributed by atoms with Crippen molar-refractivity contribution in [3.8, 4) is 0 Å². The summed E-state index contributed by atoms with van der Waals surface area (Å²) >= 11 is 1.71. The Labute approximate surface area is 130 Å². The lowest BCUT2D eigenvalue weighted by Gasteiger charge is -2.10. The lowest BCUT2D eigenvalue weighted by molar-refractivity contribution is 0.356. The number of aryl methyl sites for hydroxylation is 1. The normalized spacial score (nSPS) is 12.8. The average Bonchev–Trinajstić information content (AvgIpc) is 2.83. The Hall–Kier alpha value is -1.33. The fraction of sp³-hybridized carbons (Fsp3) is 0.500. The summed E-state index contributed by atoms with van der Waals surface area (Å²) in [7, 11) is 0. The maximum atomic E-state index is 6.06. The van der Waals surface area contributed by atoms with Crippen LogP contribution in [-0.2, 0) is 12.2 Å². The van der Waals surface area contributed by atoms with Gasteiger partial charge in [0.15, 0.2) is 5.82 Å². The molecule has 0 aliphatic carbocycles. The predicted octanol–water partition coefficient (Wildman–Crippen LogP) is 3.59. The van der Waals surface area contributed by atoms with Crippen molar-refractivity contribution in [2.24, 2.45) is 11.7 Å². The molecule has 0 aliphatic rings. The zero-order valence-corrected chi connectivity index (χ0v) is 13.7. The van der Waals surface area contributed by atoms with Crippen molar-refractivity contribution < 1.29 is 4.52 Å². The summed E-state index contributed by atoms with van der Waals surface area (Å²) in [6.45, 7) is 6.42. The van der Waals surface area contributed by atoms with Crippen LogP contribution in [0.3, 0.4) is 0 Å². The molecule has 4 nitrogen and oxygen atoms in total. The molecule has 1 unspecified atom stereocenters. The zero-order valence-electron chi connectivity index (χ0n) is 12.9. The van der Waals surface area contributed by atoms with E-state index in [0.717, 1.165) is 12.2 Å². The number of hydrogen-bond donors (Lipinski definition) is 1. The van der Waals surface area contributed by atoms with Crippen LogP contribution in [0.5, 0.6) is 0 Å². The molecule has 0 amide bonds. The number of hydrogen-bond acceptors (Lipinski definition) is 5. The maximum absolute atomic E-state index is 6.06. The maximum Gasteiger partial charge on any atom is 0.228 e. The second kappa shape index (κ2) is 7.61. The second-order valence-corrected chi connectivity index (χ2v) is 6.85. The van der Waals surface area contributed by atoms with Crippen LogP contribution in [0.15, 0.2) is 33.7 Å². The van der Waals surface area contributed by atoms with Gasteiger partial charge in [-0.3, -0.25) is 0 Å². The molecule has 114 valence electrons. The zero-order chi connectivity index (χ0) is 15.2. The van der Waals surface area contributed by atoms with Crippen LogP contribution in [0.2, 0.25) is 0 Å². The first-order valence-electron chi connectivity index (χ1n) is 7.29. The van der Waals surface area contributed by atoms with Gasteiger partial charge in [0, 0.05) is 17.4 Å². The van der Waals surface area contributed by atoms with Gasteiger partial charge < -0.3 is 10.3 Å². The average molecular weight is 305 g/mol. The van der Waals surface area contributed by atoms with E-state index in [0.29, 0.717) is 24.0 Å². The molecule has 2 rings (SSSR count). The van der Waals surface area contributed by atoms with E-state index in [4.69, 9.17) is 10.3 Å². The molecular formula is C16H23N3OS. The Kier molecular flexibility index (Phi) is 5.82. The molecule has 1 heterocycles. The summed E-state index contributed by atoms with van der Waals surface area (Å²) in [6.07, 6.45) is 1.62. The van der Waals surface area contributed by atoms with Crippen molar-refractivity contribution in [3.63, 3.8) is 0 Å². The topological polar surface area (TPSA) is 64.9 Å². The van der Waals surface area contributed by atoms with Gasteiger partial charge in [0.25, 0.3) is 0 Å². The first-order chi connectivity index (χ1) is 10.0. The predicted molar refractivity (Wildman–Crippen MR) is 86.2 cm³/mol. The molecule has 0 saturated carbocycles. The molecule has 0 aliphatic heterocycles. The lowest BCUT2D eigenvalue weighted by atomic mass is 10.0. The minimum absolute atomic E-state index is 0.0859. The molecular weight excluding hydrogens is 282 g/mol. The minimum Gasteiger partial charge on any atom is -0.339 e. The standard InChI is InChI=1S/C16H23N3OS/c1-11(2)7-13(17)9-16-18-15(19-20-16)10-21-14-6-4-5-12(3)8-14/h4-6,8,11,13H,7,9-10,17H2,1-3H3. The van der Waals surface area contributed by atoms with Crippen molar-refractivity contribution in [3.05, 3.63) is 41.5 Å². The highest BCUT2D eigenvalue weighted by Gasteiger charge is 2.12. The first kappa shape index (κ1) is 16.0. The van der Waals surface area contributed by atoms with Gasteiger partial charge in [-0.2, -0.15) is 4.98 Å². The summed E-state index contributed by atoms with van der Waals surface area (Å²) in [6, 6.07) is 8.49. The molecule has 2 N–H and O–H groups in total. The number of benzene rings is 1. The van der Waals surface area contributed by atoms with Gasteiger partial charge in [0.1, 0.15) is 0 Å². The fourth-order valence-electron chi connectivity index (χ4n) is 2.20. The van der Waals surface area contributed by atoms with Gasteiger partial charge in [0.2, 0.25) is 5.89 Å². The van der Waals surface area contributed by atoms with E-state index in [9.17, 15) is 0 Å². The summed E-state index contributed by atoms with van der Waals surface area (Å²) in [5, 5.41) is 4.02. The van der Waals surface area contributed by atoms with Crippen molar-refractivity contribution >= 4 is 11.8 Å². The largest absolute Gasteiger partial charge is 0.339 e. The van der Waals surface area contributed by atoms with E-state index in [2.05, 4.69) is 55.2 Å². The van der Waals surface area contributed by atoms with Crippen molar-refractivity contribution in [2.75, 3.05) is 0 Å². The number of rotatable bonds is 7. The van der Waals surface area contributed by atoms with Crippen LogP contribution in [0, 0.1) is 12.8 Å². The third-order valence-electron chi connectivity index (χ3n) is 3.08. The molecule has 2 aromatic rings. The summed E-state index contributed by atoms with van der Waals surface area (Å²) < 4.78 is 5.27. The third kappa shape index (κ3) is 5.52. The number of nitrogens with two attached hydrogens (primary N) is 1. The van der Waals surface area contributed by atoms with E-state index in [-0.39, 0.29) is 6.04 Å². The second-order valence-electron chi connectivity index (χ2n) is 5.80. The van der Waals surface area contributed by atoms with E-state index >= 15 is 0 Å². The van der Waals surface area contributed by atoms with E-state index in [1.165, 1.54) is 10.5 Å². The highest BCUT2D eigenvalue weighted by Crippen LogP contribution is 2.22. The highest BCUT2D eigenvalue weighted by atomic mass is 32.2. The van der Waals surface area contributed by atoms with Gasteiger partial charge in [-0.25, -0.2) is 0 Å². The van der Waals surface area contributed by atoms with Crippen LogP contribution >= 0.6 is 11.8 Å². The first-order valence-corrected chi connectivity index (χ1v) is 8.28. The molecule has 0 spiro atoms. The Morgan fingerprint density at radius 1 is 1.33 bits per heavy atom. The molecule has 0 bridgehead atoms. The fourth-order valence-corrected chi connectivity index (χ4v) is 3.05. The highest BCUT2D eigenvalue weighted by molar-refractivity contribution is 7.98. The van der Waals surface area contributed by atoms with Crippen LogP contribution in [-0.4, -0.2) is 16.2 Å². The van der Waals surface area contributed by atoms with Gasteiger partial charge in [-0.15, -0.1) is 11.8 Å². The van der Waals surface area contributed by atoms with Gasteiger partial charge >= 0.3 is 0 Å². The van der Waals surface area contributed by atoms with E-state index in [1.54, 1.807) is 11.8 Å². The molecule has 1 aromatic heterocycles. The van der Waals surface area contributed by atoms with Gasteiger partial charge in [-0.05, 0) is 31.4 Å². The van der Waals surface area contributed by atoms with Gasteiger partial charge in [0.05, 0.1) is 5.75 Å². The van der Waals surface area contributed by atoms with Crippen LogP contribution in [0.1, 0.15) is 37.5 Å². The minimum atomic E-state index is 0.0859. The van der Waals surface area contributed by atoms with Crippen molar-refractivity contribution in [2.45, 2.75) is 50.3 Å². The molecule has 1 aromatic carbocycles. The van der Waals surface area contributed by atoms with E-state index < -0.39 is 0 Å². The monoisotopic (exact) mass is 305 g/mol. The summed E-state index contributed by atoms with van der Waals surface area (Å²) in [5.41, 5.74) is 7.32. The summed E-state index contributed by atoms with van der Waals surface area (Å²) in [5.74, 6) is 2.67. The smallest absolute Gasteiger partial charge is 0.228 e. The third-order valence-corrected chi connectivity index (χ3v) is 4.07. The number of thioether (sulfide) groups is 1. The van der Waals surface area contributed by atoms with Crippen molar-refractivity contribution in [1.82, 2.24) is 10.1 Å². The molecule has 5 heteroatoms. The number of nitrogens with zero attached hydrogens (tertiary/aromatic N) is 2. The Morgan fingerprint density at radius 3 is 2.86 bits per heavy atom. The van der Waals surface area contributed by atoms with Gasteiger partial charge in [-0.1, -0.05) is 36.7 Å². The Bertz CT molecular complexity index is 568. The summed E-state index contributed by atoms with van der Waals surface area (Å²) in [4.78, 5) is 5.64.